The maximum atomic E-state index is 4.03. The number of nitrogens with zero attached hydrogens (tertiary/aromatic N) is 3. The second-order valence-corrected chi connectivity index (χ2v) is 2.76. The highest BCUT2D eigenvalue weighted by Crippen LogP contribution is 2.07. The van der Waals surface area contributed by atoms with Gasteiger partial charge in [0.25, 0.3) is 0 Å². The van der Waals surface area contributed by atoms with Crippen molar-refractivity contribution in [1.82, 2.24) is 14.8 Å². The summed E-state index contributed by atoms with van der Waals surface area (Å²) in [6.45, 7) is 3.81. The molecule has 0 N–H and O–H groups in total. The van der Waals surface area contributed by atoms with Gasteiger partial charge in [-0.3, -0.25) is 0 Å². The summed E-state index contributed by atoms with van der Waals surface area (Å²) in [5, 5.41) is 4.03. The molecule has 13 heavy (non-hydrogen) atoms. The van der Waals surface area contributed by atoms with Crippen molar-refractivity contribution in [2.24, 2.45) is 0 Å². The summed E-state index contributed by atoms with van der Waals surface area (Å²) in [6.07, 6.45) is 4.02. The maximum Gasteiger partial charge on any atom is 0.138 e. The SMILES string of the molecule is [CH2]Cc1ccc(-n2cncn2)cc1. The van der Waals surface area contributed by atoms with Gasteiger partial charge in [-0.25, -0.2) is 9.67 Å². The van der Waals surface area contributed by atoms with Gasteiger partial charge in [-0.1, -0.05) is 12.1 Å². The Labute approximate surface area is 77.0 Å². The summed E-state index contributed by atoms with van der Waals surface area (Å²) in [5.74, 6) is 0. The smallest absolute Gasteiger partial charge is 0.138 e. The molecule has 0 fully saturated rings. The molecular weight excluding hydrogens is 162 g/mol. The predicted molar refractivity (Wildman–Crippen MR) is 50.4 cm³/mol. The summed E-state index contributed by atoms with van der Waals surface area (Å²) in [6, 6.07) is 8.11. The van der Waals surface area contributed by atoms with Gasteiger partial charge in [-0.2, -0.15) is 5.10 Å². The Morgan fingerprint density at radius 2 is 2.00 bits per heavy atom. The molecule has 1 heterocycles. The van der Waals surface area contributed by atoms with Gasteiger partial charge in [0, 0.05) is 0 Å². The monoisotopic (exact) mass is 172 g/mol. The van der Waals surface area contributed by atoms with Crippen LogP contribution in [-0.2, 0) is 6.42 Å². The quantitative estimate of drug-likeness (QED) is 0.689. The molecule has 0 aliphatic rings. The fourth-order valence-corrected chi connectivity index (χ4v) is 1.16. The minimum atomic E-state index is 0.817. The van der Waals surface area contributed by atoms with Crippen molar-refractivity contribution in [3.63, 3.8) is 0 Å². The first kappa shape index (κ1) is 7.98. The Hall–Kier alpha value is -1.64. The Balaban J connectivity index is 2.33. The first-order chi connectivity index (χ1) is 6.40. The average molecular weight is 172 g/mol. The second kappa shape index (κ2) is 3.39. The largest absolute Gasteiger partial charge is 0.223 e. The van der Waals surface area contributed by atoms with Crippen LogP contribution in [0.2, 0.25) is 0 Å². The fourth-order valence-electron chi connectivity index (χ4n) is 1.16. The van der Waals surface area contributed by atoms with E-state index in [-0.39, 0.29) is 0 Å². The molecule has 0 aliphatic carbocycles. The van der Waals surface area contributed by atoms with Crippen LogP contribution in [0.15, 0.2) is 36.9 Å². The zero-order chi connectivity index (χ0) is 9.10. The van der Waals surface area contributed by atoms with Gasteiger partial charge in [-0.05, 0) is 31.0 Å². The third-order valence-corrected chi connectivity index (χ3v) is 1.91. The van der Waals surface area contributed by atoms with Crippen molar-refractivity contribution in [1.29, 1.82) is 0 Å². The Morgan fingerprint density at radius 1 is 1.23 bits per heavy atom. The van der Waals surface area contributed by atoms with E-state index >= 15 is 0 Å². The Kier molecular flexibility index (Phi) is 2.08. The minimum Gasteiger partial charge on any atom is -0.223 e. The summed E-state index contributed by atoms with van der Waals surface area (Å²) in [5.41, 5.74) is 2.25. The lowest BCUT2D eigenvalue weighted by Crippen LogP contribution is -1.93. The predicted octanol–water partition coefficient (Wildman–Crippen LogP) is 1.64. The summed E-state index contributed by atoms with van der Waals surface area (Å²) >= 11 is 0. The van der Waals surface area contributed by atoms with Crippen molar-refractivity contribution in [3.05, 3.63) is 49.4 Å². The zero-order valence-electron chi connectivity index (χ0n) is 7.22. The first-order valence-corrected chi connectivity index (χ1v) is 4.13. The molecule has 0 amide bonds. The molecule has 65 valence electrons. The number of hydrogen-bond donors (Lipinski definition) is 0. The first-order valence-electron chi connectivity index (χ1n) is 4.13. The third-order valence-electron chi connectivity index (χ3n) is 1.91. The molecule has 0 unspecified atom stereocenters. The van der Waals surface area contributed by atoms with Crippen molar-refractivity contribution in [2.75, 3.05) is 0 Å². The lowest BCUT2D eigenvalue weighted by Gasteiger charge is -2.00. The highest BCUT2D eigenvalue weighted by Gasteiger charge is 1.95. The van der Waals surface area contributed by atoms with E-state index in [0.717, 1.165) is 12.1 Å². The van der Waals surface area contributed by atoms with Crippen molar-refractivity contribution < 1.29 is 0 Å². The van der Waals surface area contributed by atoms with Crippen LogP contribution >= 0.6 is 0 Å². The summed E-state index contributed by atoms with van der Waals surface area (Å²) < 4.78 is 1.73. The highest BCUT2D eigenvalue weighted by molar-refractivity contribution is 5.33. The van der Waals surface area contributed by atoms with E-state index < -0.39 is 0 Å². The van der Waals surface area contributed by atoms with Crippen LogP contribution in [0, 0.1) is 6.92 Å². The van der Waals surface area contributed by atoms with Crippen LogP contribution in [0.3, 0.4) is 0 Å². The third kappa shape index (κ3) is 1.59. The van der Waals surface area contributed by atoms with Gasteiger partial charge in [0.2, 0.25) is 0 Å². The lowest BCUT2D eigenvalue weighted by molar-refractivity contribution is 0.878. The van der Waals surface area contributed by atoms with Gasteiger partial charge in [-0.15, -0.1) is 0 Å². The van der Waals surface area contributed by atoms with Crippen LogP contribution < -0.4 is 0 Å². The van der Waals surface area contributed by atoms with Crippen molar-refractivity contribution in [3.8, 4) is 5.69 Å². The van der Waals surface area contributed by atoms with Gasteiger partial charge >= 0.3 is 0 Å². The Morgan fingerprint density at radius 3 is 2.54 bits per heavy atom. The number of hydrogen-bond acceptors (Lipinski definition) is 2. The molecule has 1 radical (unpaired) electrons. The maximum absolute atomic E-state index is 4.03. The fraction of sp³-hybridized carbons (Fsp3) is 0.100. The van der Waals surface area contributed by atoms with E-state index in [1.807, 2.05) is 24.3 Å². The van der Waals surface area contributed by atoms with E-state index in [1.54, 1.807) is 11.0 Å². The molecule has 3 heteroatoms. The zero-order valence-corrected chi connectivity index (χ0v) is 7.22. The molecule has 0 bridgehead atoms. The molecule has 1 aromatic heterocycles. The summed E-state index contributed by atoms with van der Waals surface area (Å²) in [4.78, 5) is 3.88. The normalized spacial score (nSPS) is 10.2. The van der Waals surface area contributed by atoms with Crippen LogP contribution in [-0.4, -0.2) is 14.8 Å². The number of aromatic nitrogens is 3. The van der Waals surface area contributed by atoms with E-state index in [1.165, 1.54) is 11.9 Å². The van der Waals surface area contributed by atoms with Gasteiger partial charge in [0.05, 0.1) is 5.69 Å². The highest BCUT2D eigenvalue weighted by atomic mass is 15.3. The van der Waals surface area contributed by atoms with Crippen LogP contribution in [0.1, 0.15) is 5.56 Å². The van der Waals surface area contributed by atoms with Gasteiger partial charge in [0.15, 0.2) is 0 Å². The van der Waals surface area contributed by atoms with E-state index in [0.29, 0.717) is 0 Å². The molecular formula is C10H10N3. The van der Waals surface area contributed by atoms with Crippen LogP contribution in [0.25, 0.3) is 5.69 Å². The molecule has 0 saturated heterocycles. The number of rotatable bonds is 2. The molecule has 0 aliphatic heterocycles. The average Bonchev–Trinajstić information content (AvgIpc) is 2.71. The van der Waals surface area contributed by atoms with Gasteiger partial charge in [0.1, 0.15) is 12.7 Å². The van der Waals surface area contributed by atoms with Gasteiger partial charge < -0.3 is 0 Å². The molecule has 2 aromatic rings. The Bertz CT molecular complexity index is 362. The standard InChI is InChI=1S/C10H10N3/c1-2-9-3-5-10(6-4-9)13-8-11-7-12-13/h3-8H,1-2H2. The van der Waals surface area contributed by atoms with E-state index in [9.17, 15) is 0 Å². The second-order valence-electron chi connectivity index (χ2n) is 2.76. The van der Waals surface area contributed by atoms with Crippen LogP contribution in [0.4, 0.5) is 0 Å². The molecule has 3 nitrogen and oxygen atoms in total. The number of benzene rings is 1. The van der Waals surface area contributed by atoms with E-state index in [2.05, 4.69) is 17.0 Å². The molecule has 0 atom stereocenters. The lowest BCUT2D eigenvalue weighted by atomic mass is 10.1. The van der Waals surface area contributed by atoms with Crippen LogP contribution in [0.5, 0.6) is 0 Å². The summed E-state index contributed by atoms with van der Waals surface area (Å²) in [7, 11) is 0. The van der Waals surface area contributed by atoms with Crippen molar-refractivity contribution >= 4 is 0 Å². The molecule has 0 spiro atoms. The van der Waals surface area contributed by atoms with Crippen molar-refractivity contribution in [2.45, 2.75) is 6.42 Å². The molecule has 0 saturated carbocycles. The molecule has 1 aromatic carbocycles. The molecule has 2 rings (SSSR count). The topological polar surface area (TPSA) is 30.7 Å². The van der Waals surface area contributed by atoms with E-state index in [4.69, 9.17) is 0 Å². The minimum absolute atomic E-state index is 0.817.